The normalized spacial score (nSPS) is 16.3. The zero-order chi connectivity index (χ0) is 25.8. The molecule has 1 fully saturated rings. The lowest BCUT2D eigenvalue weighted by Crippen LogP contribution is -2.23. The second-order valence-electron chi connectivity index (χ2n) is 9.10. The summed E-state index contributed by atoms with van der Waals surface area (Å²) in [5.74, 6) is -1.60. The van der Waals surface area contributed by atoms with E-state index in [1.807, 2.05) is 0 Å². The number of thiophene rings is 1. The molecule has 36 heavy (non-hydrogen) atoms. The van der Waals surface area contributed by atoms with Gasteiger partial charge >= 0.3 is 6.18 Å². The highest BCUT2D eigenvalue weighted by Gasteiger charge is 2.39. The van der Waals surface area contributed by atoms with Gasteiger partial charge in [-0.2, -0.15) is 18.3 Å². The fraction of sp³-hybridized carbons (Fsp3) is 0.478. The summed E-state index contributed by atoms with van der Waals surface area (Å²) in [4.78, 5) is 29.3. The SMILES string of the molecule is NC(=O)c1sc2nc(C(F)F)cc(C3CC3)c2c1NC(=O)Cn1nc(C(F)(F)F)c2c1CCCCC2. The van der Waals surface area contributed by atoms with E-state index in [2.05, 4.69) is 15.4 Å². The Morgan fingerprint density at radius 1 is 1.19 bits per heavy atom. The molecule has 0 aromatic carbocycles. The number of nitrogens with one attached hydrogen (secondary N) is 1. The predicted octanol–water partition coefficient (Wildman–Crippen LogP) is 5.33. The first-order valence-corrected chi connectivity index (χ1v) is 12.4. The van der Waals surface area contributed by atoms with Crippen LogP contribution in [0.1, 0.15) is 82.3 Å². The molecule has 0 aliphatic heterocycles. The third-order valence-electron chi connectivity index (χ3n) is 6.51. The molecular formula is C23H22F5N5O2S. The Kier molecular flexibility index (Phi) is 6.21. The molecule has 0 spiro atoms. The Morgan fingerprint density at radius 3 is 2.56 bits per heavy atom. The minimum atomic E-state index is -4.65. The van der Waals surface area contributed by atoms with Gasteiger partial charge in [-0.3, -0.25) is 14.3 Å². The van der Waals surface area contributed by atoms with Gasteiger partial charge in [-0.15, -0.1) is 11.3 Å². The molecule has 2 amide bonds. The molecule has 0 atom stereocenters. The molecule has 3 N–H and O–H groups in total. The average molecular weight is 528 g/mol. The molecule has 3 aromatic rings. The third-order valence-corrected chi connectivity index (χ3v) is 7.61. The van der Waals surface area contributed by atoms with E-state index >= 15 is 0 Å². The number of carbonyl (C=O) groups excluding carboxylic acids is 2. The molecular weight excluding hydrogens is 505 g/mol. The molecule has 13 heteroatoms. The van der Waals surface area contributed by atoms with E-state index in [-0.39, 0.29) is 33.3 Å². The summed E-state index contributed by atoms with van der Waals surface area (Å²) < 4.78 is 68.7. The lowest BCUT2D eigenvalue weighted by molar-refractivity contribution is -0.142. The van der Waals surface area contributed by atoms with Gasteiger partial charge in [0.1, 0.15) is 21.9 Å². The zero-order valence-electron chi connectivity index (χ0n) is 18.9. The van der Waals surface area contributed by atoms with Crippen molar-refractivity contribution < 1.29 is 31.5 Å². The molecule has 2 aliphatic carbocycles. The van der Waals surface area contributed by atoms with Gasteiger partial charge in [0.25, 0.3) is 12.3 Å². The van der Waals surface area contributed by atoms with Gasteiger partial charge in [0.2, 0.25) is 5.91 Å². The summed E-state index contributed by atoms with van der Waals surface area (Å²) in [5, 5.41) is 6.70. The van der Waals surface area contributed by atoms with Crippen LogP contribution in [0.5, 0.6) is 0 Å². The van der Waals surface area contributed by atoms with Gasteiger partial charge < -0.3 is 11.1 Å². The molecule has 0 bridgehead atoms. The number of fused-ring (bicyclic) bond motifs is 2. The molecule has 5 rings (SSSR count). The first-order chi connectivity index (χ1) is 17.0. The van der Waals surface area contributed by atoms with Crippen molar-refractivity contribution in [2.45, 2.75) is 70.0 Å². The predicted molar refractivity (Wildman–Crippen MR) is 122 cm³/mol. The summed E-state index contributed by atoms with van der Waals surface area (Å²) in [5.41, 5.74) is 5.19. The third kappa shape index (κ3) is 4.56. The van der Waals surface area contributed by atoms with E-state index in [4.69, 9.17) is 5.73 Å². The van der Waals surface area contributed by atoms with Crippen LogP contribution in [-0.4, -0.2) is 26.6 Å². The molecule has 2 aliphatic rings. The number of nitrogens with zero attached hydrogens (tertiary/aromatic N) is 3. The lowest BCUT2D eigenvalue weighted by atomic mass is 10.0. The molecule has 7 nitrogen and oxygen atoms in total. The maximum atomic E-state index is 13.6. The first kappa shape index (κ1) is 24.6. The number of rotatable bonds is 6. The number of anilines is 1. The van der Waals surface area contributed by atoms with Gasteiger partial charge in [0.05, 0.1) is 5.69 Å². The van der Waals surface area contributed by atoms with Crippen LogP contribution in [0.4, 0.5) is 27.6 Å². The minimum absolute atomic E-state index is 0.0183. The average Bonchev–Trinajstić information content (AvgIpc) is 3.55. The Balaban J connectivity index is 1.53. The fourth-order valence-corrected chi connectivity index (χ4v) is 5.81. The number of carbonyl (C=O) groups is 2. The molecule has 3 aromatic heterocycles. The standard InChI is InChI=1S/C23H22F5N5O2S/c24-20(25)13-8-12(10-6-7-10)16-17(18(21(29)35)36-22(16)30-13)31-15(34)9-33-14-5-3-1-2-4-11(14)19(32-33)23(26,27)28/h8,10,20H,1-7,9H2,(H2,29,35)(H,31,34). The van der Waals surface area contributed by atoms with Crippen molar-refractivity contribution in [3.63, 3.8) is 0 Å². The summed E-state index contributed by atoms with van der Waals surface area (Å²) >= 11 is 0.799. The maximum absolute atomic E-state index is 13.6. The van der Waals surface area contributed by atoms with E-state index in [1.54, 1.807) is 0 Å². The largest absolute Gasteiger partial charge is 0.435 e. The molecule has 0 unspecified atom stereocenters. The topological polar surface area (TPSA) is 103 Å². The Bertz CT molecular complexity index is 1360. The number of halogens is 5. The first-order valence-electron chi connectivity index (χ1n) is 11.6. The van der Waals surface area contributed by atoms with Crippen LogP contribution < -0.4 is 11.1 Å². The Morgan fingerprint density at radius 2 is 1.92 bits per heavy atom. The highest BCUT2D eigenvalue weighted by atomic mass is 32.1. The summed E-state index contributed by atoms with van der Waals surface area (Å²) in [6.07, 6.45) is -3.28. The number of aromatic nitrogens is 3. The van der Waals surface area contributed by atoms with Crippen LogP contribution in [0.15, 0.2) is 6.07 Å². The van der Waals surface area contributed by atoms with Crippen molar-refractivity contribution >= 4 is 39.1 Å². The van der Waals surface area contributed by atoms with Crippen LogP contribution in [0.3, 0.4) is 0 Å². The van der Waals surface area contributed by atoms with Crippen LogP contribution >= 0.6 is 11.3 Å². The maximum Gasteiger partial charge on any atom is 0.435 e. The van der Waals surface area contributed by atoms with Gasteiger partial charge in [0.15, 0.2) is 5.69 Å². The lowest BCUT2D eigenvalue weighted by Gasteiger charge is -2.11. The quantitative estimate of drug-likeness (QED) is 0.334. The molecule has 0 saturated heterocycles. The van der Waals surface area contributed by atoms with Gasteiger partial charge in [-0.25, -0.2) is 13.8 Å². The number of nitrogens with two attached hydrogens (primary N) is 1. The summed E-state index contributed by atoms with van der Waals surface area (Å²) in [6, 6.07) is 1.28. The van der Waals surface area contributed by atoms with Gasteiger partial charge in [-0.05, 0) is 56.1 Å². The summed E-state index contributed by atoms with van der Waals surface area (Å²) in [6.45, 7) is -0.505. The fourth-order valence-electron chi connectivity index (χ4n) is 4.79. The van der Waals surface area contributed by atoms with Crippen LogP contribution in [-0.2, 0) is 30.4 Å². The van der Waals surface area contributed by atoms with E-state index in [0.717, 1.165) is 35.3 Å². The highest BCUT2D eigenvalue weighted by Crippen LogP contribution is 2.48. The smallest absolute Gasteiger partial charge is 0.365 e. The molecule has 3 heterocycles. The van der Waals surface area contributed by atoms with Crippen molar-refractivity contribution in [1.29, 1.82) is 0 Å². The van der Waals surface area contributed by atoms with Crippen LogP contribution in [0.25, 0.3) is 10.2 Å². The highest BCUT2D eigenvalue weighted by molar-refractivity contribution is 7.21. The molecule has 0 radical (unpaired) electrons. The minimum Gasteiger partial charge on any atom is -0.365 e. The molecule has 192 valence electrons. The summed E-state index contributed by atoms with van der Waals surface area (Å²) in [7, 11) is 0. The number of alkyl halides is 5. The van der Waals surface area contributed by atoms with E-state index in [0.29, 0.717) is 35.9 Å². The molecule has 1 saturated carbocycles. The van der Waals surface area contributed by atoms with E-state index in [9.17, 15) is 31.5 Å². The van der Waals surface area contributed by atoms with Crippen molar-refractivity contribution in [3.8, 4) is 0 Å². The van der Waals surface area contributed by atoms with Crippen molar-refractivity contribution in [1.82, 2.24) is 14.8 Å². The number of amides is 2. The van der Waals surface area contributed by atoms with E-state index < -0.39 is 42.3 Å². The van der Waals surface area contributed by atoms with Crippen LogP contribution in [0, 0.1) is 0 Å². The van der Waals surface area contributed by atoms with Gasteiger partial charge in [0, 0.05) is 16.6 Å². The number of primary amides is 1. The van der Waals surface area contributed by atoms with Crippen LogP contribution in [0.2, 0.25) is 0 Å². The van der Waals surface area contributed by atoms with Crippen molar-refractivity contribution in [2.24, 2.45) is 5.73 Å². The van der Waals surface area contributed by atoms with Crippen molar-refractivity contribution in [3.05, 3.63) is 39.2 Å². The monoisotopic (exact) mass is 527 g/mol. The van der Waals surface area contributed by atoms with Crippen molar-refractivity contribution in [2.75, 3.05) is 5.32 Å². The Hall–Kier alpha value is -3.09. The van der Waals surface area contributed by atoms with Gasteiger partial charge in [-0.1, -0.05) is 6.42 Å². The second-order valence-corrected chi connectivity index (χ2v) is 10.1. The zero-order valence-corrected chi connectivity index (χ0v) is 19.7. The number of hydrogen-bond acceptors (Lipinski definition) is 5. The number of pyridine rings is 1. The number of hydrogen-bond donors (Lipinski definition) is 2. The Labute approximate surface area is 205 Å². The van der Waals surface area contributed by atoms with E-state index in [1.165, 1.54) is 6.07 Å². The second kappa shape index (κ2) is 9.09.